The second kappa shape index (κ2) is 7.82. The molecular weight excluding hydrogens is 316 g/mol. The quantitative estimate of drug-likeness (QED) is 0.783. The first-order valence-electron chi connectivity index (χ1n) is 8.43. The number of nitriles is 1. The predicted octanol–water partition coefficient (Wildman–Crippen LogP) is 3.66. The Morgan fingerprint density at radius 2 is 1.88 bits per heavy atom. The van der Waals surface area contributed by atoms with Crippen molar-refractivity contribution in [3.05, 3.63) is 59.7 Å². The Morgan fingerprint density at radius 3 is 2.60 bits per heavy atom. The lowest BCUT2D eigenvalue weighted by atomic mass is 10.1. The highest BCUT2D eigenvalue weighted by molar-refractivity contribution is 5.99. The molecule has 1 unspecified atom stereocenters. The van der Waals surface area contributed by atoms with Crippen LogP contribution >= 0.6 is 0 Å². The van der Waals surface area contributed by atoms with E-state index >= 15 is 0 Å². The predicted molar refractivity (Wildman–Crippen MR) is 93.3 cm³/mol. The maximum atomic E-state index is 12.6. The third-order valence-electron chi connectivity index (χ3n) is 4.28. The second-order valence-corrected chi connectivity index (χ2v) is 5.98. The number of nitrogens with zero attached hydrogens (tertiary/aromatic N) is 2. The summed E-state index contributed by atoms with van der Waals surface area (Å²) in [5.74, 6) is 1.21. The second-order valence-electron chi connectivity index (χ2n) is 5.98. The van der Waals surface area contributed by atoms with Crippen LogP contribution in [0.15, 0.2) is 48.5 Å². The number of hydrogen-bond acceptors (Lipinski definition) is 4. The van der Waals surface area contributed by atoms with Crippen molar-refractivity contribution in [1.82, 2.24) is 4.90 Å². The van der Waals surface area contributed by atoms with Gasteiger partial charge in [-0.25, -0.2) is 0 Å². The van der Waals surface area contributed by atoms with Crippen molar-refractivity contribution in [2.75, 3.05) is 13.2 Å². The highest BCUT2D eigenvalue weighted by atomic mass is 16.5. The number of amides is 1. The van der Waals surface area contributed by atoms with E-state index in [2.05, 4.69) is 6.07 Å². The van der Waals surface area contributed by atoms with Crippen LogP contribution in [0.4, 0.5) is 0 Å². The molecule has 2 aromatic carbocycles. The molecule has 0 saturated heterocycles. The van der Waals surface area contributed by atoms with Gasteiger partial charge in [-0.3, -0.25) is 4.79 Å². The lowest BCUT2D eigenvalue weighted by Crippen LogP contribution is -2.28. The van der Waals surface area contributed by atoms with Crippen molar-refractivity contribution in [1.29, 1.82) is 5.26 Å². The van der Waals surface area contributed by atoms with Crippen molar-refractivity contribution in [3.63, 3.8) is 0 Å². The third kappa shape index (κ3) is 3.65. The minimum Gasteiger partial charge on any atom is -0.457 e. The smallest absolute Gasteiger partial charge is 0.255 e. The Balaban J connectivity index is 1.78. The van der Waals surface area contributed by atoms with Crippen molar-refractivity contribution in [2.45, 2.75) is 25.3 Å². The largest absolute Gasteiger partial charge is 0.457 e. The van der Waals surface area contributed by atoms with Gasteiger partial charge in [-0.1, -0.05) is 18.2 Å². The summed E-state index contributed by atoms with van der Waals surface area (Å²) in [5, 5.41) is 18.4. The number of aliphatic hydroxyl groups is 1. The van der Waals surface area contributed by atoms with Crippen LogP contribution in [-0.4, -0.2) is 29.1 Å². The fourth-order valence-electron chi connectivity index (χ4n) is 3.03. The summed E-state index contributed by atoms with van der Waals surface area (Å²) >= 11 is 0. The average Bonchev–Trinajstić information content (AvgIpc) is 2.90. The number of carbonyl (C=O) groups excluding carboxylic acids is 1. The van der Waals surface area contributed by atoms with E-state index in [1.54, 1.807) is 23.1 Å². The van der Waals surface area contributed by atoms with Gasteiger partial charge in [-0.2, -0.15) is 5.26 Å². The lowest BCUT2D eigenvalue weighted by molar-refractivity contribution is 0.0754. The average molecular weight is 336 g/mol. The number of rotatable bonds is 7. The summed E-state index contributed by atoms with van der Waals surface area (Å²) in [7, 11) is 0. The molecule has 2 aromatic rings. The Kier molecular flexibility index (Phi) is 5.32. The molecule has 0 aliphatic carbocycles. The van der Waals surface area contributed by atoms with E-state index in [9.17, 15) is 10.1 Å². The number of carbonyl (C=O) groups is 1. The standard InChI is InChI=1S/C20H20N2O3/c21-14-19-18-13-16(25-15-7-3-1-4-8-15)9-10-17(18)20(24)22(19)11-5-2-6-12-23/h1,3-4,7-10,13,19,23H,2,5-6,11-12H2. The Morgan fingerprint density at radius 1 is 1.08 bits per heavy atom. The molecule has 0 spiro atoms. The minimum atomic E-state index is -0.587. The molecule has 1 amide bonds. The number of unbranched alkanes of at least 4 members (excludes halogenated alkanes) is 2. The molecule has 128 valence electrons. The van der Waals surface area contributed by atoms with Crippen LogP contribution in [0.3, 0.4) is 0 Å². The van der Waals surface area contributed by atoms with Gasteiger partial charge >= 0.3 is 0 Å². The van der Waals surface area contributed by atoms with Crippen molar-refractivity contribution >= 4 is 5.91 Å². The summed E-state index contributed by atoms with van der Waals surface area (Å²) in [4.78, 5) is 14.2. The molecular formula is C20H20N2O3. The van der Waals surface area contributed by atoms with Crippen molar-refractivity contribution in [3.8, 4) is 17.6 Å². The van der Waals surface area contributed by atoms with Gasteiger partial charge in [0.2, 0.25) is 0 Å². The first kappa shape index (κ1) is 17.0. The number of para-hydroxylation sites is 1. The molecule has 1 aliphatic heterocycles. The highest BCUT2D eigenvalue weighted by Gasteiger charge is 2.36. The molecule has 1 N–H and O–H groups in total. The van der Waals surface area contributed by atoms with Gasteiger partial charge in [0.1, 0.15) is 17.5 Å². The van der Waals surface area contributed by atoms with Crippen LogP contribution in [0.5, 0.6) is 11.5 Å². The number of fused-ring (bicyclic) bond motifs is 1. The summed E-state index contributed by atoms with van der Waals surface area (Å²) in [6, 6.07) is 16.3. The van der Waals surface area contributed by atoms with Crippen LogP contribution in [-0.2, 0) is 0 Å². The highest BCUT2D eigenvalue weighted by Crippen LogP contribution is 2.36. The summed E-state index contributed by atoms with van der Waals surface area (Å²) in [6.07, 6.45) is 2.31. The molecule has 1 atom stereocenters. The minimum absolute atomic E-state index is 0.114. The number of ether oxygens (including phenoxy) is 1. The van der Waals surface area contributed by atoms with E-state index in [1.807, 2.05) is 30.3 Å². The Hall–Kier alpha value is -2.84. The van der Waals surface area contributed by atoms with E-state index in [0.717, 1.165) is 12.8 Å². The maximum Gasteiger partial charge on any atom is 0.255 e. The maximum absolute atomic E-state index is 12.6. The molecule has 3 rings (SSSR count). The molecule has 1 heterocycles. The van der Waals surface area contributed by atoms with Crippen LogP contribution in [0, 0.1) is 11.3 Å². The van der Waals surface area contributed by atoms with Crippen LogP contribution in [0.2, 0.25) is 0 Å². The van der Waals surface area contributed by atoms with Gasteiger partial charge in [0, 0.05) is 24.3 Å². The summed E-state index contributed by atoms with van der Waals surface area (Å²) in [6.45, 7) is 0.663. The zero-order valence-electron chi connectivity index (χ0n) is 13.9. The van der Waals surface area contributed by atoms with Crippen LogP contribution in [0.1, 0.15) is 41.2 Å². The zero-order chi connectivity index (χ0) is 17.6. The van der Waals surface area contributed by atoms with E-state index in [0.29, 0.717) is 35.6 Å². The fourth-order valence-corrected chi connectivity index (χ4v) is 3.03. The normalized spacial score (nSPS) is 15.8. The third-order valence-corrected chi connectivity index (χ3v) is 4.28. The molecule has 0 bridgehead atoms. The zero-order valence-corrected chi connectivity index (χ0v) is 13.9. The van der Waals surface area contributed by atoms with Gasteiger partial charge in [0.25, 0.3) is 5.91 Å². The molecule has 0 aromatic heterocycles. The van der Waals surface area contributed by atoms with Gasteiger partial charge in [0.15, 0.2) is 0 Å². The topological polar surface area (TPSA) is 73.6 Å². The van der Waals surface area contributed by atoms with E-state index < -0.39 is 6.04 Å². The van der Waals surface area contributed by atoms with Gasteiger partial charge in [0.05, 0.1) is 6.07 Å². The first-order chi connectivity index (χ1) is 12.2. The van der Waals surface area contributed by atoms with Crippen LogP contribution in [0.25, 0.3) is 0 Å². The number of hydrogen-bond donors (Lipinski definition) is 1. The van der Waals surface area contributed by atoms with E-state index in [-0.39, 0.29) is 12.5 Å². The van der Waals surface area contributed by atoms with Gasteiger partial charge < -0.3 is 14.7 Å². The van der Waals surface area contributed by atoms with Gasteiger partial charge in [-0.15, -0.1) is 0 Å². The number of aliphatic hydroxyl groups excluding tert-OH is 1. The monoisotopic (exact) mass is 336 g/mol. The van der Waals surface area contributed by atoms with Crippen molar-refractivity contribution < 1.29 is 14.6 Å². The molecule has 1 aliphatic rings. The molecule has 0 saturated carbocycles. The number of benzene rings is 2. The molecule has 25 heavy (non-hydrogen) atoms. The van der Waals surface area contributed by atoms with Crippen molar-refractivity contribution in [2.24, 2.45) is 0 Å². The Labute approximate surface area is 147 Å². The fraction of sp³-hybridized carbons (Fsp3) is 0.300. The molecule has 5 nitrogen and oxygen atoms in total. The molecule has 0 fully saturated rings. The van der Waals surface area contributed by atoms with Crippen LogP contribution < -0.4 is 4.74 Å². The lowest BCUT2D eigenvalue weighted by Gasteiger charge is -2.19. The van der Waals surface area contributed by atoms with Gasteiger partial charge in [-0.05, 0) is 49.6 Å². The molecule has 5 heteroatoms. The summed E-state index contributed by atoms with van der Waals surface area (Å²) < 4.78 is 5.81. The first-order valence-corrected chi connectivity index (χ1v) is 8.43. The Bertz CT molecular complexity index is 783. The van der Waals surface area contributed by atoms with E-state index in [1.165, 1.54) is 0 Å². The summed E-state index contributed by atoms with van der Waals surface area (Å²) in [5.41, 5.74) is 1.26. The SMILES string of the molecule is N#CC1c2cc(Oc3ccccc3)ccc2C(=O)N1CCCCCO. The van der Waals surface area contributed by atoms with E-state index in [4.69, 9.17) is 9.84 Å². The molecule has 0 radical (unpaired) electrons.